The molecule has 4 nitrogen and oxygen atoms in total. The lowest BCUT2D eigenvalue weighted by atomic mass is 10.1. The van der Waals surface area contributed by atoms with Crippen molar-refractivity contribution in [3.63, 3.8) is 0 Å². The SMILES string of the molecule is NC1CS(=O)(=O)CC1N1CCc2ccc(F)cc21. The van der Waals surface area contributed by atoms with Gasteiger partial charge in [0.1, 0.15) is 5.82 Å². The highest BCUT2D eigenvalue weighted by atomic mass is 32.2. The molecule has 0 radical (unpaired) electrons. The normalized spacial score (nSPS) is 29.6. The Hall–Kier alpha value is -1.14. The van der Waals surface area contributed by atoms with Crippen LogP contribution in [0.4, 0.5) is 10.1 Å². The molecule has 3 rings (SSSR count). The van der Waals surface area contributed by atoms with Crippen molar-refractivity contribution in [2.75, 3.05) is 23.0 Å². The monoisotopic (exact) mass is 270 g/mol. The first-order chi connectivity index (χ1) is 8.46. The predicted octanol–water partition coefficient (Wildman–Crippen LogP) is 0.313. The van der Waals surface area contributed by atoms with Gasteiger partial charge in [0.2, 0.25) is 0 Å². The van der Waals surface area contributed by atoms with E-state index in [1.54, 1.807) is 6.07 Å². The van der Waals surface area contributed by atoms with E-state index < -0.39 is 9.84 Å². The maximum Gasteiger partial charge on any atom is 0.153 e. The second-order valence-electron chi connectivity index (χ2n) is 5.02. The van der Waals surface area contributed by atoms with Crippen LogP contribution in [0.25, 0.3) is 0 Å². The zero-order chi connectivity index (χ0) is 12.9. The average Bonchev–Trinajstić information content (AvgIpc) is 2.78. The highest BCUT2D eigenvalue weighted by molar-refractivity contribution is 7.91. The molecule has 0 amide bonds. The van der Waals surface area contributed by atoms with E-state index in [1.165, 1.54) is 12.1 Å². The van der Waals surface area contributed by atoms with Crippen molar-refractivity contribution in [3.8, 4) is 0 Å². The molecule has 2 heterocycles. The summed E-state index contributed by atoms with van der Waals surface area (Å²) in [5.74, 6) is -0.196. The van der Waals surface area contributed by atoms with Gasteiger partial charge in [0.15, 0.2) is 9.84 Å². The van der Waals surface area contributed by atoms with Gasteiger partial charge < -0.3 is 10.6 Å². The predicted molar refractivity (Wildman–Crippen MR) is 67.9 cm³/mol. The molecular weight excluding hydrogens is 255 g/mol. The van der Waals surface area contributed by atoms with Gasteiger partial charge in [-0.2, -0.15) is 0 Å². The fourth-order valence-electron chi connectivity index (χ4n) is 2.90. The third kappa shape index (κ3) is 1.89. The Kier molecular flexibility index (Phi) is 2.60. The number of anilines is 1. The number of fused-ring (bicyclic) bond motifs is 1. The number of hydrogen-bond donors (Lipinski definition) is 1. The molecule has 1 aromatic carbocycles. The Labute approximate surface area is 106 Å². The summed E-state index contributed by atoms with van der Waals surface area (Å²) >= 11 is 0. The summed E-state index contributed by atoms with van der Waals surface area (Å²) in [6.45, 7) is 0.715. The summed E-state index contributed by atoms with van der Waals surface area (Å²) in [6, 6.07) is 4.06. The number of nitrogens with zero attached hydrogens (tertiary/aromatic N) is 1. The summed E-state index contributed by atoms with van der Waals surface area (Å²) < 4.78 is 36.5. The van der Waals surface area contributed by atoms with Gasteiger partial charge in [0.05, 0.1) is 17.5 Å². The first-order valence-electron chi connectivity index (χ1n) is 5.97. The van der Waals surface area contributed by atoms with Gasteiger partial charge in [-0.25, -0.2) is 12.8 Å². The number of sulfone groups is 1. The van der Waals surface area contributed by atoms with Crippen LogP contribution in [0, 0.1) is 5.82 Å². The molecule has 1 saturated heterocycles. The zero-order valence-electron chi connectivity index (χ0n) is 9.84. The molecule has 2 aliphatic rings. The van der Waals surface area contributed by atoms with E-state index in [1.807, 2.05) is 4.90 Å². The van der Waals surface area contributed by atoms with Crippen LogP contribution in [0.2, 0.25) is 0 Å². The second-order valence-corrected chi connectivity index (χ2v) is 7.18. The lowest BCUT2D eigenvalue weighted by Gasteiger charge is -2.29. The van der Waals surface area contributed by atoms with E-state index in [4.69, 9.17) is 5.73 Å². The minimum atomic E-state index is -3.06. The molecular formula is C12H15FN2O2S. The zero-order valence-corrected chi connectivity index (χ0v) is 10.7. The molecule has 6 heteroatoms. The molecule has 0 aliphatic carbocycles. The van der Waals surface area contributed by atoms with Crippen LogP contribution in [0.1, 0.15) is 5.56 Å². The van der Waals surface area contributed by atoms with Crippen LogP contribution < -0.4 is 10.6 Å². The van der Waals surface area contributed by atoms with E-state index >= 15 is 0 Å². The first-order valence-corrected chi connectivity index (χ1v) is 7.79. The Morgan fingerprint density at radius 3 is 2.78 bits per heavy atom. The van der Waals surface area contributed by atoms with Gasteiger partial charge in [0.25, 0.3) is 0 Å². The topological polar surface area (TPSA) is 63.4 Å². The molecule has 0 spiro atoms. The van der Waals surface area contributed by atoms with E-state index in [9.17, 15) is 12.8 Å². The van der Waals surface area contributed by atoms with Gasteiger partial charge in [-0.15, -0.1) is 0 Å². The third-order valence-corrected chi connectivity index (χ3v) is 5.49. The van der Waals surface area contributed by atoms with Crippen molar-refractivity contribution < 1.29 is 12.8 Å². The van der Waals surface area contributed by atoms with Crippen LogP contribution in [0.15, 0.2) is 18.2 Å². The molecule has 0 bridgehead atoms. The number of halogens is 1. The average molecular weight is 270 g/mol. The van der Waals surface area contributed by atoms with E-state index in [0.29, 0.717) is 6.54 Å². The fraction of sp³-hybridized carbons (Fsp3) is 0.500. The molecule has 1 aromatic rings. The quantitative estimate of drug-likeness (QED) is 0.798. The maximum atomic E-state index is 13.3. The van der Waals surface area contributed by atoms with E-state index in [2.05, 4.69) is 0 Å². The standard InChI is InChI=1S/C12H15FN2O2S/c13-9-2-1-8-3-4-15(11(8)5-9)12-7-18(16,17)6-10(12)14/h1-2,5,10,12H,3-4,6-7,14H2. The lowest BCUT2D eigenvalue weighted by Crippen LogP contribution is -2.46. The number of rotatable bonds is 1. The van der Waals surface area contributed by atoms with Gasteiger partial charge in [-0.3, -0.25) is 0 Å². The third-order valence-electron chi connectivity index (χ3n) is 3.74. The Morgan fingerprint density at radius 1 is 1.33 bits per heavy atom. The Balaban J connectivity index is 1.95. The molecule has 1 fully saturated rings. The summed E-state index contributed by atoms with van der Waals surface area (Å²) in [5, 5.41) is 0. The molecule has 18 heavy (non-hydrogen) atoms. The minimum absolute atomic E-state index is 0.0266. The summed E-state index contributed by atoms with van der Waals surface area (Å²) in [4.78, 5) is 1.95. The molecule has 2 unspecified atom stereocenters. The fourth-order valence-corrected chi connectivity index (χ4v) is 4.79. The van der Waals surface area contributed by atoms with Crippen LogP contribution in [0.3, 0.4) is 0 Å². The number of nitrogens with two attached hydrogens (primary N) is 1. The largest absolute Gasteiger partial charge is 0.365 e. The molecule has 0 aromatic heterocycles. The van der Waals surface area contributed by atoms with Crippen molar-refractivity contribution in [2.24, 2.45) is 5.73 Å². The molecule has 2 atom stereocenters. The minimum Gasteiger partial charge on any atom is -0.365 e. The Morgan fingerprint density at radius 2 is 2.11 bits per heavy atom. The van der Waals surface area contributed by atoms with Crippen LogP contribution >= 0.6 is 0 Å². The van der Waals surface area contributed by atoms with Crippen molar-refractivity contribution >= 4 is 15.5 Å². The molecule has 2 N–H and O–H groups in total. The van der Waals surface area contributed by atoms with Crippen molar-refractivity contribution in [3.05, 3.63) is 29.6 Å². The van der Waals surface area contributed by atoms with E-state index in [0.717, 1.165) is 17.7 Å². The number of benzene rings is 1. The Bertz CT molecular complexity index is 588. The molecule has 0 saturated carbocycles. The van der Waals surface area contributed by atoms with Crippen LogP contribution in [-0.4, -0.2) is 38.6 Å². The number of hydrogen-bond acceptors (Lipinski definition) is 4. The van der Waals surface area contributed by atoms with Gasteiger partial charge in [-0.05, 0) is 24.1 Å². The van der Waals surface area contributed by atoms with E-state index in [-0.39, 0.29) is 29.4 Å². The van der Waals surface area contributed by atoms with Crippen molar-refractivity contribution in [1.82, 2.24) is 0 Å². The highest BCUT2D eigenvalue weighted by Crippen LogP contribution is 2.33. The van der Waals surface area contributed by atoms with Crippen LogP contribution in [-0.2, 0) is 16.3 Å². The lowest BCUT2D eigenvalue weighted by molar-refractivity contribution is 0.583. The van der Waals surface area contributed by atoms with Crippen molar-refractivity contribution in [1.29, 1.82) is 0 Å². The van der Waals surface area contributed by atoms with Gasteiger partial charge >= 0.3 is 0 Å². The van der Waals surface area contributed by atoms with Gasteiger partial charge in [0, 0.05) is 18.3 Å². The summed E-state index contributed by atoms with van der Waals surface area (Å²) in [5.41, 5.74) is 7.78. The molecule has 2 aliphatic heterocycles. The van der Waals surface area contributed by atoms with Crippen LogP contribution in [0.5, 0.6) is 0 Å². The van der Waals surface area contributed by atoms with Gasteiger partial charge in [-0.1, -0.05) is 6.07 Å². The summed E-state index contributed by atoms with van der Waals surface area (Å²) in [7, 11) is -3.06. The smallest absolute Gasteiger partial charge is 0.153 e. The second kappa shape index (κ2) is 3.93. The highest BCUT2D eigenvalue weighted by Gasteiger charge is 2.40. The maximum absolute atomic E-state index is 13.3. The summed E-state index contributed by atoms with van der Waals surface area (Å²) in [6.07, 6.45) is 0.818. The molecule has 98 valence electrons. The first kappa shape index (κ1) is 11.9. The van der Waals surface area contributed by atoms with Crippen molar-refractivity contribution in [2.45, 2.75) is 18.5 Å².